The first-order chi connectivity index (χ1) is 17.1. The average molecular weight is 603 g/mol. The predicted molar refractivity (Wildman–Crippen MR) is 129 cm³/mol. The number of carbonyl (C=O) groups is 1. The molecule has 1 aromatic carbocycles. The summed E-state index contributed by atoms with van der Waals surface area (Å²) < 4.78 is 16.5. The number of aryl methyl sites for hydroxylation is 1. The summed E-state index contributed by atoms with van der Waals surface area (Å²) in [5, 5.41) is 0. The van der Waals surface area contributed by atoms with Gasteiger partial charge in [-0.15, -0.1) is 0 Å². The minimum absolute atomic E-state index is 0. The molecular formula is C28H35IN4O3. The predicted octanol–water partition coefficient (Wildman–Crippen LogP) is -0.113. The van der Waals surface area contributed by atoms with Crippen LogP contribution in [0.15, 0.2) is 30.9 Å². The van der Waals surface area contributed by atoms with E-state index < -0.39 is 0 Å². The van der Waals surface area contributed by atoms with Crippen LogP contribution >= 0.6 is 0 Å². The molecule has 1 aromatic heterocycles. The number of amides is 1. The lowest BCUT2D eigenvalue weighted by molar-refractivity contribution is -0.670. The molecule has 4 bridgehead atoms. The highest BCUT2D eigenvalue weighted by molar-refractivity contribution is 5.77. The summed E-state index contributed by atoms with van der Waals surface area (Å²) in [5.74, 6) is 2.72. The number of aromatic nitrogens is 2. The number of hydrogen-bond acceptors (Lipinski definition) is 4. The number of hydrogen-bond donors (Lipinski definition) is 0. The van der Waals surface area contributed by atoms with Gasteiger partial charge in [-0.2, -0.15) is 4.57 Å². The summed E-state index contributed by atoms with van der Waals surface area (Å²) in [4.78, 5) is 18.9. The van der Waals surface area contributed by atoms with Gasteiger partial charge in [0, 0.05) is 35.5 Å². The highest BCUT2D eigenvalue weighted by Crippen LogP contribution is 2.71. The molecule has 7 nitrogen and oxygen atoms in total. The number of nitrogens with zero attached hydrogens (tertiary/aromatic N) is 4. The van der Waals surface area contributed by atoms with Crippen LogP contribution in [0.4, 0.5) is 4.79 Å². The number of fused-ring (bicyclic) bond motifs is 3. The number of imidazole rings is 1. The number of ether oxygens (including phenoxy) is 2. The van der Waals surface area contributed by atoms with Gasteiger partial charge in [0.1, 0.15) is 18.5 Å². The first kappa shape index (κ1) is 23.3. The van der Waals surface area contributed by atoms with Gasteiger partial charge >= 0.3 is 6.03 Å². The van der Waals surface area contributed by atoms with E-state index in [1.54, 1.807) is 11.7 Å². The van der Waals surface area contributed by atoms with Crippen LogP contribution in [0.3, 0.4) is 0 Å². The van der Waals surface area contributed by atoms with Crippen LogP contribution in [-0.2, 0) is 18.9 Å². The minimum atomic E-state index is -0.0194. The molecule has 7 aliphatic rings. The molecule has 0 unspecified atom stereocenters. The van der Waals surface area contributed by atoms with Gasteiger partial charge in [-0.05, 0) is 69.0 Å². The van der Waals surface area contributed by atoms with Gasteiger partial charge < -0.3 is 33.5 Å². The lowest BCUT2D eigenvalue weighted by Gasteiger charge is -2.65. The van der Waals surface area contributed by atoms with Crippen LogP contribution in [0.2, 0.25) is 0 Å². The van der Waals surface area contributed by atoms with Crippen molar-refractivity contribution in [1.29, 1.82) is 0 Å². The number of benzene rings is 1. The van der Waals surface area contributed by atoms with E-state index in [0.717, 1.165) is 56.2 Å². The van der Waals surface area contributed by atoms with E-state index >= 15 is 0 Å². The molecule has 4 aliphatic heterocycles. The van der Waals surface area contributed by atoms with Gasteiger partial charge in [0.25, 0.3) is 6.33 Å². The summed E-state index contributed by atoms with van der Waals surface area (Å²) in [7, 11) is 3.72. The van der Waals surface area contributed by atoms with Crippen molar-refractivity contribution in [1.82, 2.24) is 14.4 Å². The molecule has 3 saturated heterocycles. The van der Waals surface area contributed by atoms with Gasteiger partial charge in [0.05, 0.1) is 20.2 Å². The summed E-state index contributed by atoms with van der Waals surface area (Å²) in [6.45, 7) is 3.21. The maximum atomic E-state index is 13.8. The number of methoxy groups -OCH3 is 1. The Morgan fingerprint density at radius 3 is 2.81 bits per heavy atom. The highest BCUT2D eigenvalue weighted by Gasteiger charge is 2.74. The second-order valence-corrected chi connectivity index (χ2v) is 12.0. The second kappa shape index (κ2) is 7.85. The van der Waals surface area contributed by atoms with Crippen LogP contribution in [0.25, 0.3) is 0 Å². The summed E-state index contributed by atoms with van der Waals surface area (Å²) in [6, 6.07) is 5.13. The number of carbonyl (C=O) groups excluding carboxylic acids is 1. The third kappa shape index (κ3) is 2.78. The molecule has 0 N–H and O–H groups in total. The Labute approximate surface area is 229 Å². The summed E-state index contributed by atoms with van der Waals surface area (Å²) in [6.07, 6.45) is 14.0. The standard InChI is InChI=1S/C28H35N4O3.HI/c1-29-13-14-31(17-29)26(33)32-12-9-27-8-7-20(32)25-28(27)10-11-30(16-18-3-4-18)22(27)15-19-5-6-21(34-2)24(35-25)23(19)28;/h5-6,13-14,17-18,20,22,25H,3-4,7-12,15-16H2,1-2H3;1H/q+1;/p-1/t20-,22-,25+,27-,28+;/m1./s1. The number of likely N-dealkylation sites (tertiary alicyclic amines) is 1. The Morgan fingerprint density at radius 2 is 2.06 bits per heavy atom. The van der Waals surface area contributed by atoms with Crippen LogP contribution in [0, 0.1) is 11.3 Å². The minimum Gasteiger partial charge on any atom is -1.00 e. The number of piperidine rings is 1. The average Bonchev–Trinajstić information content (AvgIpc) is 3.54. The SMILES string of the molecule is COc1ccc2c3c1O[C@H]1[C@H]4CC[C@@]5(CCN4C(=O)n4cc[n+](C)c4)[C@@H](C2)N(CC2CC2)CC[C@]315.[I-]. The van der Waals surface area contributed by atoms with E-state index in [9.17, 15) is 4.79 Å². The Hall–Kier alpha value is -1.81. The molecule has 5 atom stereocenters. The molecule has 2 saturated carbocycles. The lowest BCUT2D eigenvalue weighted by Crippen LogP contribution is -3.00. The quantitative estimate of drug-likeness (QED) is 0.364. The van der Waals surface area contributed by atoms with Crippen molar-refractivity contribution in [3.05, 3.63) is 42.0 Å². The van der Waals surface area contributed by atoms with E-state index in [0.29, 0.717) is 6.04 Å². The smallest absolute Gasteiger partial charge is 0.416 e. The van der Waals surface area contributed by atoms with E-state index in [1.165, 1.54) is 36.9 Å². The highest BCUT2D eigenvalue weighted by atomic mass is 127. The molecule has 2 aromatic rings. The molecule has 2 spiro atoms. The van der Waals surface area contributed by atoms with Gasteiger partial charge in [0.15, 0.2) is 11.5 Å². The molecule has 9 rings (SSSR count). The maximum absolute atomic E-state index is 13.8. The van der Waals surface area contributed by atoms with Crippen molar-refractivity contribution in [3.63, 3.8) is 0 Å². The molecule has 5 fully saturated rings. The Bertz CT molecular complexity index is 1240. The van der Waals surface area contributed by atoms with Crippen LogP contribution in [0.1, 0.15) is 49.7 Å². The first-order valence-corrected chi connectivity index (χ1v) is 13.5. The molecule has 192 valence electrons. The first-order valence-electron chi connectivity index (χ1n) is 13.5. The van der Waals surface area contributed by atoms with Gasteiger partial charge in [-0.1, -0.05) is 6.07 Å². The fourth-order valence-corrected chi connectivity index (χ4v) is 9.09. The molecule has 8 heteroatoms. The van der Waals surface area contributed by atoms with Gasteiger partial charge in [-0.25, -0.2) is 9.36 Å². The number of rotatable bonds is 3. The molecule has 36 heavy (non-hydrogen) atoms. The summed E-state index contributed by atoms with van der Waals surface area (Å²) in [5.41, 5.74) is 3.04. The van der Waals surface area contributed by atoms with Gasteiger partial charge in [-0.3, -0.25) is 9.80 Å². The monoisotopic (exact) mass is 602 g/mol. The molecule has 5 heterocycles. The van der Waals surface area contributed by atoms with Crippen LogP contribution in [0.5, 0.6) is 11.5 Å². The van der Waals surface area contributed by atoms with Crippen molar-refractivity contribution in [3.8, 4) is 11.5 Å². The molecule has 3 aliphatic carbocycles. The fraction of sp³-hybridized carbons (Fsp3) is 0.643. The zero-order valence-electron chi connectivity index (χ0n) is 21.2. The van der Waals surface area contributed by atoms with Crippen molar-refractivity contribution in [2.24, 2.45) is 18.4 Å². The normalized spacial score (nSPS) is 35.5. The lowest BCUT2D eigenvalue weighted by atomic mass is 9.42. The fourth-order valence-electron chi connectivity index (χ4n) is 9.09. The van der Waals surface area contributed by atoms with Crippen molar-refractivity contribution < 1.29 is 42.8 Å². The molecule has 1 amide bonds. The third-order valence-corrected chi connectivity index (χ3v) is 10.6. The largest absolute Gasteiger partial charge is 1.00 e. The number of halogens is 1. The zero-order valence-corrected chi connectivity index (χ0v) is 23.3. The topological polar surface area (TPSA) is 50.8 Å². The Balaban J connectivity index is 0.00000220. The van der Waals surface area contributed by atoms with E-state index in [2.05, 4.69) is 21.9 Å². The van der Waals surface area contributed by atoms with Gasteiger partial charge in [0.2, 0.25) is 0 Å². The van der Waals surface area contributed by atoms with Crippen LogP contribution in [-0.4, -0.2) is 65.3 Å². The van der Waals surface area contributed by atoms with Crippen molar-refractivity contribution >= 4 is 6.03 Å². The second-order valence-electron chi connectivity index (χ2n) is 12.0. The van der Waals surface area contributed by atoms with Crippen LogP contribution < -0.4 is 38.0 Å². The Kier molecular flexibility index (Phi) is 5.08. The molecular weight excluding hydrogens is 567 g/mol. The summed E-state index contributed by atoms with van der Waals surface area (Å²) >= 11 is 0. The zero-order chi connectivity index (χ0) is 23.5. The van der Waals surface area contributed by atoms with Crippen molar-refractivity contribution in [2.45, 2.75) is 68.5 Å². The van der Waals surface area contributed by atoms with Crippen molar-refractivity contribution in [2.75, 3.05) is 26.7 Å². The third-order valence-electron chi connectivity index (χ3n) is 10.6. The maximum Gasteiger partial charge on any atom is 0.416 e. The van der Waals surface area contributed by atoms with E-state index in [1.807, 2.05) is 30.3 Å². The molecule has 0 radical (unpaired) electrons. The van der Waals surface area contributed by atoms with E-state index in [4.69, 9.17) is 9.47 Å². The Morgan fingerprint density at radius 1 is 1.19 bits per heavy atom. The van der Waals surface area contributed by atoms with E-state index in [-0.39, 0.29) is 53.0 Å².